The van der Waals surface area contributed by atoms with E-state index in [1.54, 1.807) is 30.3 Å². The van der Waals surface area contributed by atoms with Gasteiger partial charge in [0.2, 0.25) is 11.8 Å². The molecule has 0 heterocycles. The first-order valence-electron chi connectivity index (χ1n) is 15.1. The lowest BCUT2D eigenvalue weighted by atomic mass is 10.0. The molecule has 2 amide bonds. The third-order valence-electron chi connectivity index (χ3n) is 7.73. The van der Waals surface area contributed by atoms with Crippen LogP contribution in [0.2, 0.25) is 0 Å². The molecule has 0 aliphatic rings. The van der Waals surface area contributed by atoms with E-state index in [0.717, 1.165) is 33.0 Å². The Morgan fingerprint density at radius 2 is 1.59 bits per heavy atom. The number of nitrogens with zero attached hydrogens (tertiary/aromatic N) is 2. The topological polar surface area (TPSA) is 96.0 Å². The molecule has 0 saturated carbocycles. The number of amides is 2. The highest BCUT2D eigenvalue weighted by Crippen LogP contribution is 2.31. The molecule has 0 unspecified atom stereocenters. The van der Waals surface area contributed by atoms with Crippen LogP contribution in [0, 0.1) is 13.8 Å². The Morgan fingerprint density at radius 3 is 2.22 bits per heavy atom. The second-order valence-corrected chi connectivity index (χ2v) is 13.8. The summed E-state index contributed by atoms with van der Waals surface area (Å²) in [5.41, 5.74) is 3.97. The van der Waals surface area contributed by atoms with E-state index in [4.69, 9.17) is 4.74 Å². The number of nitrogens with one attached hydrogen (secondary N) is 1. The maximum absolute atomic E-state index is 14.6. The van der Waals surface area contributed by atoms with Crippen LogP contribution >= 0.6 is 15.9 Å². The van der Waals surface area contributed by atoms with E-state index in [-0.39, 0.29) is 23.8 Å². The summed E-state index contributed by atoms with van der Waals surface area (Å²) in [7, 11) is -2.75. The lowest BCUT2D eigenvalue weighted by Gasteiger charge is -2.34. The van der Waals surface area contributed by atoms with Crippen LogP contribution in [0.1, 0.15) is 35.6 Å². The van der Waals surface area contributed by atoms with Gasteiger partial charge >= 0.3 is 0 Å². The number of anilines is 1. The standard InChI is InChI=1S/C36H40BrN3O5S/c1-5-21-38-36(42)33(22-28-12-7-6-8-13-28)39(24-29-14-10-9-11-27(29)3)35(41)25-40(30-17-15-26(2)16-18-30)46(43,44)31-19-20-34(45-4)32(37)23-31/h6-20,23,33H,5,21-22,24-25H2,1-4H3,(H,38,42)/t33-/m1/s1. The number of carbonyl (C=O) groups is 2. The van der Waals surface area contributed by atoms with Gasteiger partial charge in [0.15, 0.2) is 0 Å². The summed E-state index contributed by atoms with van der Waals surface area (Å²) in [6.45, 7) is 5.87. The van der Waals surface area contributed by atoms with E-state index in [1.165, 1.54) is 24.1 Å². The molecular formula is C36H40BrN3O5S. The number of halogens is 1. The average molecular weight is 707 g/mol. The van der Waals surface area contributed by atoms with Crippen molar-refractivity contribution in [3.05, 3.63) is 124 Å². The van der Waals surface area contributed by atoms with Crippen LogP contribution in [0.4, 0.5) is 5.69 Å². The van der Waals surface area contributed by atoms with Crippen LogP contribution in [-0.2, 0) is 32.6 Å². The maximum atomic E-state index is 14.6. The van der Waals surface area contributed by atoms with Crippen molar-refractivity contribution in [2.24, 2.45) is 0 Å². The molecule has 0 spiro atoms. The van der Waals surface area contributed by atoms with Crippen LogP contribution in [-0.4, -0.2) is 51.4 Å². The Balaban J connectivity index is 1.81. The molecule has 46 heavy (non-hydrogen) atoms. The molecule has 242 valence electrons. The fourth-order valence-electron chi connectivity index (χ4n) is 5.07. The van der Waals surface area contributed by atoms with E-state index in [0.29, 0.717) is 22.5 Å². The highest BCUT2D eigenvalue weighted by Gasteiger charge is 2.35. The Hall–Kier alpha value is -4.15. The molecule has 0 fully saturated rings. The molecule has 0 aliphatic heterocycles. The summed E-state index contributed by atoms with van der Waals surface area (Å²) >= 11 is 3.39. The summed E-state index contributed by atoms with van der Waals surface area (Å²) in [5, 5.41) is 2.97. The van der Waals surface area contributed by atoms with Crippen molar-refractivity contribution >= 4 is 43.5 Å². The zero-order valence-corrected chi connectivity index (χ0v) is 29.0. The predicted molar refractivity (Wildman–Crippen MR) is 185 cm³/mol. The van der Waals surface area contributed by atoms with Crippen molar-refractivity contribution in [3.8, 4) is 5.75 Å². The van der Waals surface area contributed by atoms with Crippen LogP contribution in [0.3, 0.4) is 0 Å². The summed E-state index contributed by atoms with van der Waals surface area (Å²) in [6.07, 6.45) is 0.989. The van der Waals surface area contributed by atoms with Crippen molar-refractivity contribution in [2.45, 2.75) is 51.1 Å². The molecular weight excluding hydrogens is 666 g/mol. The fraction of sp³-hybridized carbons (Fsp3) is 0.278. The molecule has 1 N–H and O–H groups in total. The normalized spacial score (nSPS) is 11.8. The minimum absolute atomic E-state index is 0.0134. The molecule has 0 aromatic heterocycles. The van der Waals surface area contributed by atoms with Crippen LogP contribution < -0.4 is 14.4 Å². The number of aryl methyl sites for hydroxylation is 2. The molecule has 4 aromatic carbocycles. The SMILES string of the molecule is CCCNC(=O)[C@@H](Cc1ccccc1)N(Cc1ccccc1C)C(=O)CN(c1ccc(C)cc1)S(=O)(=O)c1ccc(OC)c(Br)c1. The molecule has 10 heteroatoms. The van der Waals surface area contributed by atoms with Crippen molar-refractivity contribution in [1.82, 2.24) is 10.2 Å². The van der Waals surface area contributed by atoms with Crippen LogP contribution in [0.25, 0.3) is 0 Å². The Morgan fingerprint density at radius 1 is 0.913 bits per heavy atom. The van der Waals surface area contributed by atoms with E-state index in [2.05, 4.69) is 21.2 Å². The van der Waals surface area contributed by atoms with Gasteiger partial charge in [0.25, 0.3) is 10.0 Å². The zero-order valence-electron chi connectivity index (χ0n) is 26.6. The van der Waals surface area contributed by atoms with Gasteiger partial charge in [-0.3, -0.25) is 13.9 Å². The Bertz CT molecular complexity index is 1750. The van der Waals surface area contributed by atoms with Crippen molar-refractivity contribution in [2.75, 3.05) is 24.5 Å². The van der Waals surface area contributed by atoms with Gasteiger partial charge in [-0.2, -0.15) is 0 Å². The van der Waals surface area contributed by atoms with E-state index in [1.807, 2.05) is 75.4 Å². The first-order chi connectivity index (χ1) is 22.0. The molecule has 1 atom stereocenters. The molecule has 0 aliphatic carbocycles. The van der Waals surface area contributed by atoms with Gasteiger partial charge in [0, 0.05) is 19.5 Å². The summed E-state index contributed by atoms with van der Waals surface area (Å²) in [4.78, 5) is 29.9. The molecule has 0 saturated heterocycles. The van der Waals surface area contributed by atoms with Gasteiger partial charge in [-0.1, -0.05) is 79.2 Å². The van der Waals surface area contributed by atoms with E-state index in [9.17, 15) is 18.0 Å². The van der Waals surface area contributed by atoms with Gasteiger partial charge < -0.3 is 15.0 Å². The number of ether oxygens (including phenoxy) is 1. The largest absolute Gasteiger partial charge is 0.496 e. The number of rotatable bonds is 14. The summed E-state index contributed by atoms with van der Waals surface area (Å²) < 4.78 is 35.5. The first-order valence-corrected chi connectivity index (χ1v) is 17.4. The van der Waals surface area contributed by atoms with Crippen molar-refractivity contribution in [3.63, 3.8) is 0 Å². The number of hydrogen-bond donors (Lipinski definition) is 1. The van der Waals surface area contributed by atoms with Gasteiger partial charge in [-0.25, -0.2) is 8.42 Å². The third kappa shape index (κ3) is 8.55. The highest BCUT2D eigenvalue weighted by molar-refractivity contribution is 9.10. The highest BCUT2D eigenvalue weighted by atomic mass is 79.9. The minimum atomic E-state index is -4.24. The van der Waals surface area contributed by atoms with E-state index < -0.39 is 28.5 Å². The number of methoxy groups -OCH3 is 1. The van der Waals surface area contributed by atoms with Gasteiger partial charge in [0.05, 0.1) is 22.2 Å². The first kappa shape index (κ1) is 34.7. The van der Waals surface area contributed by atoms with Gasteiger partial charge in [-0.15, -0.1) is 0 Å². The smallest absolute Gasteiger partial charge is 0.264 e. The number of carbonyl (C=O) groups excluding carboxylic acids is 2. The van der Waals surface area contributed by atoms with Crippen LogP contribution in [0.5, 0.6) is 5.75 Å². The minimum Gasteiger partial charge on any atom is -0.496 e. The Labute approximate surface area is 280 Å². The maximum Gasteiger partial charge on any atom is 0.264 e. The van der Waals surface area contributed by atoms with Gasteiger partial charge in [-0.05, 0) is 83.2 Å². The summed E-state index contributed by atoms with van der Waals surface area (Å²) in [6, 6.07) is 27.7. The summed E-state index contributed by atoms with van der Waals surface area (Å²) in [5.74, 6) is -0.327. The monoisotopic (exact) mass is 705 g/mol. The second-order valence-electron chi connectivity index (χ2n) is 11.1. The van der Waals surface area contributed by atoms with Crippen LogP contribution in [0.15, 0.2) is 106 Å². The Kier molecular flexibility index (Phi) is 12.0. The number of benzene rings is 4. The second kappa shape index (κ2) is 15.9. The van der Waals surface area contributed by atoms with Crippen molar-refractivity contribution in [1.29, 1.82) is 0 Å². The zero-order chi connectivity index (χ0) is 33.3. The molecule has 8 nitrogen and oxygen atoms in total. The lowest BCUT2D eigenvalue weighted by molar-refractivity contribution is -0.140. The van der Waals surface area contributed by atoms with Crippen molar-refractivity contribution < 1.29 is 22.7 Å². The number of sulfonamides is 1. The lowest BCUT2D eigenvalue weighted by Crippen LogP contribution is -2.53. The van der Waals surface area contributed by atoms with Gasteiger partial charge in [0.1, 0.15) is 18.3 Å². The average Bonchev–Trinajstić information content (AvgIpc) is 3.05. The quantitative estimate of drug-likeness (QED) is 0.163. The number of hydrogen-bond acceptors (Lipinski definition) is 5. The molecule has 4 rings (SSSR count). The van der Waals surface area contributed by atoms with E-state index >= 15 is 0 Å². The molecule has 0 radical (unpaired) electrons. The predicted octanol–water partition coefficient (Wildman–Crippen LogP) is 6.44. The molecule has 4 aromatic rings. The fourth-order valence-corrected chi connectivity index (χ4v) is 7.20. The third-order valence-corrected chi connectivity index (χ3v) is 10.1. The molecule has 0 bridgehead atoms.